The zero-order chi connectivity index (χ0) is 16.7. The molecule has 120 valence electrons. The summed E-state index contributed by atoms with van der Waals surface area (Å²) in [6.45, 7) is 11.4. The molecule has 2 rings (SSSR count). The van der Waals surface area contributed by atoms with Gasteiger partial charge in [-0.15, -0.1) is 6.58 Å². The molecule has 0 spiro atoms. The average molecular weight is 306 g/mol. The minimum Gasteiger partial charge on any atom is -0.466 e. The van der Waals surface area contributed by atoms with Gasteiger partial charge in [0.05, 0.1) is 7.11 Å². The first-order valence-electron chi connectivity index (χ1n) is 7.14. The van der Waals surface area contributed by atoms with Crippen molar-refractivity contribution in [2.45, 2.75) is 32.5 Å². The molecular formula is C17H22O5. The molecule has 0 amide bonds. The van der Waals surface area contributed by atoms with Gasteiger partial charge in [-0.3, -0.25) is 0 Å². The predicted octanol–water partition coefficient (Wildman–Crippen LogP) is 2.53. The second-order valence-corrected chi connectivity index (χ2v) is 6.11. The lowest BCUT2D eigenvalue weighted by molar-refractivity contribution is -0.210. The number of methoxy groups -OCH3 is 2. The van der Waals surface area contributed by atoms with Gasteiger partial charge in [0.2, 0.25) is 5.79 Å². The number of esters is 2. The second-order valence-electron chi connectivity index (χ2n) is 6.11. The van der Waals surface area contributed by atoms with Crippen molar-refractivity contribution >= 4 is 11.9 Å². The van der Waals surface area contributed by atoms with E-state index in [1.807, 2.05) is 6.92 Å². The highest BCUT2D eigenvalue weighted by Gasteiger charge is 2.57. The maximum atomic E-state index is 12.0. The van der Waals surface area contributed by atoms with E-state index < -0.39 is 17.2 Å². The summed E-state index contributed by atoms with van der Waals surface area (Å²) >= 11 is 0. The molecule has 0 aromatic carbocycles. The van der Waals surface area contributed by atoms with Crippen LogP contribution in [0.25, 0.3) is 0 Å². The van der Waals surface area contributed by atoms with E-state index in [4.69, 9.17) is 14.2 Å². The van der Waals surface area contributed by atoms with Crippen LogP contribution in [-0.4, -0.2) is 31.9 Å². The van der Waals surface area contributed by atoms with E-state index in [-0.39, 0.29) is 11.9 Å². The number of ether oxygens (including phenoxy) is 3. The maximum Gasteiger partial charge on any atom is 0.336 e. The lowest BCUT2D eigenvalue weighted by Gasteiger charge is -2.47. The molecule has 0 bridgehead atoms. The normalized spacial score (nSPS) is 34.0. The molecule has 1 aliphatic heterocycles. The first-order valence-corrected chi connectivity index (χ1v) is 7.14. The van der Waals surface area contributed by atoms with Crippen LogP contribution >= 0.6 is 0 Å². The number of hydrogen-bond acceptors (Lipinski definition) is 5. The lowest BCUT2D eigenvalue weighted by atomic mass is 9.61. The van der Waals surface area contributed by atoms with Gasteiger partial charge < -0.3 is 14.2 Å². The van der Waals surface area contributed by atoms with Gasteiger partial charge in [-0.25, -0.2) is 9.59 Å². The van der Waals surface area contributed by atoms with Crippen molar-refractivity contribution in [1.82, 2.24) is 0 Å². The fraction of sp³-hybridized carbons (Fsp3) is 0.529. The standard InChI is InChI=1S/C17H22O5/c1-7-16(4)9-17(21-6)13(11(3)15(19)22-17)8-12(16)10(2)14(18)20-5/h7,12H,1-2,8-9H2,3-6H3. The van der Waals surface area contributed by atoms with Crippen molar-refractivity contribution in [2.75, 3.05) is 14.2 Å². The molecule has 22 heavy (non-hydrogen) atoms. The Morgan fingerprint density at radius 3 is 2.59 bits per heavy atom. The molecule has 0 N–H and O–H groups in total. The van der Waals surface area contributed by atoms with E-state index in [1.165, 1.54) is 14.2 Å². The summed E-state index contributed by atoms with van der Waals surface area (Å²) in [6, 6.07) is 0. The number of hydrogen-bond donors (Lipinski definition) is 0. The molecule has 2 aliphatic rings. The highest BCUT2D eigenvalue weighted by molar-refractivity contribution is 5.93. The Labute approximate surface area is 130 Å². The summed E-state index contributed by atoms with van der Waals surface area (Å²) in [5.74, 6) is -2.13. The van der Waals surface area contributed by atoms with Gasteiger partial charge in [0, 0.05) is 36.2 Å². The quantitative estimate of drug-likeness (QED) is 0.454. The highest BCUT2D eigenvalue weighted by Crippen LogP contribution is 2.55. The van der Waals surface area contributed by atoms with E-state index in [2.05, 4.69) is 13.2 Å². The first kappa shape index (κ1) is 16.5. The van der Waals surface area contributed by atoms with Crippen molar-refractivity contribution in [3.63, 3.8) is 0 Å². The van der Waals surface area contributed by atoms with Gasteiger partial charge in [-0.1, -0.05) is 19.6 Å². The van der Waals surface area contributed by atoms with E-state index in [9.17, 15) is 9.59 Å². The van der Waals surface area contributed by atoms with Crippen LogP contribution in [0.5, 0.6) is 0 Å². The number of fused-ring (bicyclic) bond motifs is 1. The van der Waals surface area contributed by atoms with Crippen LogP contribution in [0.2, 0.25) is 0 Å². The number of carbonyl (C=O) groups excluding carboxylic acids is 2. The van der Waals surface area contributed by atoms with E-state index >= 15 is 0 Å². The molecule has 5 nitrogen and oxygen atoms in total. The number of rotatable bonds is 4. The minimum absolute atomic E-state index is 0.222. The zero-order valence-electron chi connectivity index (χ0n) is 13.5. The average Bonchev–Trinajstić information content (AvgIpc) is 2.75. The van der Waals surface area contributed by atoms with Crippen molar-refractivity contribution < 1.29 is 23.8 Å². The first-order chi connectivity index (χ1) is 10.2. The van der Waals surface area contributed by atoms with Gasteiger partial charge in [-0.2, -0.15) is 0 Å². The lowest BCUT2D eigenvalue weighted by Crippen LogP contribution is -2.48. The molecule has 1 aliphatic carbocycles. The fourth-order valence-electron chi connectivity index (χ4n) is 3.46. The van der Waals surface area contributed by atoms with Crippen molar-refractivity contribution in [3.8, 4) is 0 Å². The summed E-state index contributed by atoms with van der Waals surface area (Å²) in [7, 11) is 2.85. The Morgan fingerprint density at radius 1 is 1.45 bits per heavy atom. The smallest absolute Gasteiger partial charge is 0.336 e. The Bertz CT molecular complexity index is 588. The molecule has 1 saturated carbocycles. The van der Waals surface area contributed by atoms with E-state index in [0.717, 1.165) is 5.57 Å². The van der Waals surface area contributed by atoms with Crippen LogP contribution in [0.1, 0.15) is 26.7 Å². The Balaban J connectivity index is 2.50. The Hall–Kier alpha value is -1.88. The summed E-state index contributed by atoms with van der Waals surface area (Å²) in [5, 5.41) is 0. The molecule has 0 radical (unpaired) electrons. The van der Waals surface area contributed by atoms with Crippen molar-refractivity contribution in [3.05, 3.63) is 36.0 Å². The number of carbonyl (C=O) groups is 2. The predicted molar refractivity (Wildman–Crippen MR) is 80.7 cm³/mol. The van der Waals surface area contributed by atoms with Crippen molar-refractivity contribution in [2.24, 2.45) is 11.3 Å². The molecule has 0 saturated heterocycles. The molecular weight excluding hydrogens is 284 g/mol. The monoisotopic (exact) mass is 306 g/mol. The molecule has 1 heterocycles. The third kappa shape index (κ3) is 2.20. The minimum atomic E-state index is -1.07. The van der Waals surface area contributed by atoms with Gasteiger partial charge in [0.25, 0.3) is 0 Å². The van der Waals surface area contributed by atoms with Crippen LogP contribution in [0, 0.1) is 11.3 Å². The Morgan fingerprint density at radius 2 is 2.09 bits per heavy atom. The molecule has 3 atom stereocenters. The topological polar surface area (TPSA) is 61.8 Å². The van der Waals surface area contributed by atoms with Crippen LogP contribution in [0.15, 0.2) is 36.0 Å². The Kier molecular flexibility index (Phi) is 4.04. The molecule has 0 aromatic rings. The summed E-state index contributed by atoms with van der Waals surface area (Å²) in [6.07, 6.45) is 2.60. The molecule has 3 unspecified atom stereocenters. The largest absolute Gasteiger partial charge is 0.466 e. The van der Waals surface area contributed by atoms with Gasteiger partial charge in [0.15, 0.2) is 0 Å². The van der Waals surface area contributed by atoms with Crippen molar-refractivity contribution in [1.29, 1.82) is 0 Å². The van der Waals surface area contributed by atoms with Gasteiger partial charge >= 0.3 is 11.9 Å². The van der Waals surface area contributed by atoms with E-state index in [0.29, 0.717) is 24.0 Å². The van der Waals surface area contributed by atoms with Crippen LogP contribution in [0.3, 0.4) is 0 Å². The third-order valence-corrected chi connectivity index (χ3v) is 4.96. The van der Waals surface area contributed by atoms with E-state index in [1.54, 1.807) is 13.0 Å². The number of allylic oxidation sites excluding steroid dienone is 1. The SMILES string of the molecule is C=CC1(C)CC2(OC)OC(=O)C(C)=C2CC1C(=C)C(=O)OC. The summed E-state index contributed by atoms with van der Waals surface area (Å²) in [5.41, 5.74) is 1.18. The van der Waals surface area contributed by atoms with Crippen LogP contribution < -0.4 is 0 Å². The maximum absolute atomic E-state index is 12.0. The molecule has 5 heteroatoms. The van der Waals surface area contributed by atoms with Gasteiger partial charge in [-0.05, 0) is 18.8 Å². The fourth-order valence-corrected chi connectivity index (χ4v) is 3.46. The van der Waals surface area contributed by atoms with Gasteiger partial charge in [0.1, 0.15) is 0 Å². The zero-order valence-corrected chi connectivity index (χ0v) is 13.5. The molecule has 1 fully saturated rings. The van der Waals surface area contributed by atoms with Crippen LogP contribution in [0.4, 0.5) is 0 Å². The highest BCUT2D eigenvalue weighted by atomic mass is 16.7. The summed E-state index contributed by atoms with van der Waals surface area (Å²) in [4.78, 5) is 23.9. The second kappa shape index (κ2) is 5.39. The molecule has 0 aromatic heterocycles. The van der Waals surface area contributed by atoms with Crippen LogP contribution in [-0.2, 0) is 23.8 Å². The summed E-state index contributed by atoms with van der Waals surface area (Å²) < 4.78 is 15.9. The third-order valence-electron chi connectivity index (χ3n) is 4.96.